The van der Waals surface area contributed by atoms with Gasteiger partial charge >= 0.3 is 0 Å². The Bertz CT molecular complexity index is 581. The molecule has 0 unspecified atom stereocenters. The number of rotatable bonds is 4. The monoisotopic (exact) mass is 259 g/mol. The number of benzene rings is 2. The zero-order valence-corrected chi connectivity index (χ0v) is 10.8. The van der Waals surface area contributed by atoms with Crippen LogP contribution in [0.15, 0.2) is 42.5 Å². The molecule has 0 heterocycles. The standard InChI is InChI=1S/C15H14FNO2/c1-17(12-6-8-13(19-2)9-7-12)15-11(10-18)4-3-5-14(15)16/h3-10H,1-2H3. The number of carbonyl (C=O) groups excluding carboxylic acids is 1. The average molecular weight is 259 g/mol. The Balaban J connectivity index is 2.43. The number of aldehydes is 1. The molecular weight excluding hydrogens is 245 g/mol. The topological polar surface area (TPSA) is 29.5 Å². The third-order valence-corrected chi connectivity index (χ3v) is 2.94. The molecule has 0 spiro atoms. The molecule has 98 valence electrons. The third kappa shape index (κ3) is 2.57. The van der Waals surface area contributed by atoms with E-state index in [1.165, 1.54) is 12.1 Å². The summed E-state index contributed by atoms with van der Waals surface area (Å²) in [5, 5.41) is 0. The van der Waals surface area contributed by atoms with Gasteiger partial charge in [-0.2, -0.15) is 0 Å². The second kappa shape index (κ2) is 5.52. The van der Waals surface area contributed by atoms with Crippen LogP contribution in [-0.2, 0) is 0 Å². The molecule has 0 amide bonds. The van der Waals surface area contributed by atoms with E-state index in [1.54, 1.807) is 49.4 Å². The number of hydrogen-bond donors (Lipinski definition) is 0. The van der Waals surface area contributed by atoms with E-state index >= 15 is 0 Å². The first-order valence-electron chi connectivity index (χ1n) is 5.79. The lowest BCUT2D eigenvalue weighted by molar-refractivity contribution is 0.112. The smallest absolute Gasteiger partial charge is 0.152 e. The minimum absolute atomic E-state index is 0.266. The minimum Gasteiger partial charge on any atom is -0.497 e. The summed E-state index contributed by atoms with van der Waals surface area (Å²) in [7, 11) is 3.30. The molecule has 0 aliphatic rings. The predicted octanol–water partition coefficient (Wildman–Crippen LogP) is 3.41. The lowest BCUT2D eigenvalue weighted by Gasteiger charge is -2.21. The number of anilines is 2. The largest absolute Gasteiger partial charge is 0.497 e. The molecule has 0 aliphatic carbocycles. The van der Waals surface area contributed by atoms with Gasteiger partial charge < -0.3 is 9.64 Å². The van der Waals surface area contributed by atoms with E-state index in [0.717, 1.165) is 11.4 Å². The van der Waals surface area contributed by atoms with E-state index in [1.807, 2.05) is 0 Å². The van der Waals surface area contributed by atoms with Gasteiger partial charge in [-0.05, 0) is 36.4 Å². The molecule has 2 rings (SSSR count). The number of ether oxygens (including phenoxy) is 1. The highest BCUT2D eigenvalue weighted by atomic mass is 19.1. The molecule has 0 saturated carbocycles. The Labute approximate surface area is 111 Å². The second-order valence-electron chi connectivity index (χ2n) is 4.05. The molecular formula is C15H14FNO2. The van der Waals surface area contributed by atoms with E-state index in [4.69, 9.17) is 4.74 Å². The lowest BCUT2D eigenvalue weighted by atomic mass is 10.1. The molecule has 0 aliphatic heterocycles. The van der Waals surface area contributed by atoms with Gasteiger partial charge in [0.2, 0.25) is 0 Å². The highest BCUT2D eigenvalue weighted by Gasteiger charge is 2.14. The van der Waals surface area contributed by atoms with Crippen molar-refractivity contribution in [2.75, 3.05) is 19.1 Å². The number of halogens is 1. The highest BCUT2D eigenvalue weighted by molar-refractivity contribution is 5.86. The van der Waals surface area contributed by atoms with Gasteiger partial charge in [0.25, 0.3) is 0 Å². The first kappa shape index (κ1) is 13.1. The zero-order valence-electron chi connectivity index (χ0n) is 10.8. The van der Waals surface area contributed by atoms with E-state index in [-0.39, 0.29) is 5.69 Å². The summed E-state index contributed by atoms with van der Waals surface area (Å²) < 4.78 is 19.0. The fourth-order valence-corrected chi connectivity index (χ4v) is 1.92. The molecule has 2 aromatic rings. The maximum absolute atomic E-state index is 13.9. The molecule has 0 radical (unpaired) electrons. The Morgan fingerprint density at radius 2 is 1.84 bits per heavy atom. The number of methoxy groups -OCH3 is 1. The maximum Gasteiger partial charge on any atom is 0.152 e. The van der Waals surface area contributed by atoms with Gasteiger partial charge in [0.15, 0.2) is 6.29 Å². The molecule has 3 nitrogen and oxygen atoms in total. The van der Waals surface area contributed by atoms with Crippen LogP contribution >= 0.6 is 0 Å². The zero-order chi connectivity index (χ0) is 13.8. The molecule has 0 saturated heterocycles. The van der Waals surface area contributed by atoms with E-state index in [9.17, 15) is 9.18 Å². The summed E-state index contributed by atoms with van der Waals surface area (Å²) in [6, 6.07) is 11.6. The summed E-state index contributed by atoms with van der Waals surface area (Å²) in [4.78, 5) is 12.6. The summed E-state index contributed by atoms with van der Waals surface area (Å²) in [6.07, 6.45) is 0.651. The Morgan fingerprint density at radius 1 is 1.16 bits per heavy atom. The van der Waals surface area contributed by atoms with Gasteiger partial charge in [-0.15, -0.1) is 0 Å². The van der Waals surface area contributed by atoms with Crippen molar-refractivity contribution in [2.24, 2.45) is 0 Å². The average Bonchev–Trinajstić information content (AvgIpc) is 2.46. The van der Waals surface area contributed by atoms with Gasteiger partial charge in [-0.25, -0.2) is 4.39 Å². The number of para-hydroxylation sites is 1. The van der Waals surface area contributed by atoms with Crippen LogP contribution in [0.4, 0.5) is 15.8 Å². The number of carbonyl (C=O) groups is 1. The normalized spacial score (nSPS) is 10.1. The Morgan fingerprint density at radius 3 is 2.42 bits per heavy atom. The van der Waals surface area contributed by atoms with Crippen molar-refractivity contribution < 1.29 is 13.9 Å². The third-order valence-electron chi connectivity index (χ3n) is 2.94. The van der Waals surface area contributed by atoms with Crippen LogP contribution in [0.25, 0.3) is 0 Å². The van der Waals surface area contributed by atoms with Crippen molar-refractivity contribution in [2.45, 2.75) is 0 Å². The number of nitrogens with zero attached hydrogens (tertiary/aromatic N) is 1. The molecule has 0 aromatic heterocycles. The molecule has 0 bridgehead atoms. The van der Waals surface area contributed by atoms with Crippen molar-refractivity contribution >= 4 is 17.7 Å². The highest BCUT2D eigenvalue weighted by Crippen LogP contribution is 2.29. The van der Waals surface area contributed by atoms with Gasteiger partial charge in [-0.3, -0.25) is 4.79 Å². The first-order chi connectivity index (χ1) is 9.17. The van der Waals surface area contributed by atoms with Crippen molar-refractivity contribution in [1.82, 2.24) is 0 Å². The Hall–Kier alpha value is -2.36. The van der Waals surface area contributed by atoms with Crippen molar-refractivity contribution in [1.29, 1.82) is 0 Å². The first-order valence-corrected chi connectivity index (χ1v) is 5.79. The molecule has 4 heteroatoms. The van der Waals surface area contributed by atoms with Gasteiger partial charge in [-0.1, -0.05) is 6.07 Å². The van der Waals surface area contributed by atoms with Gasteiger partial charge in [0.1, 0.15) is 11.6 Å². The quantitative estimate of drug-likeness (QED) is 0.788. The summed E-state index contributed by atoms with van der Waals surface area (Å²) in [5.41, 5.74) is 1.36. The van der Waals surface area contributed by atoms with E-state index in [2.05, 4.69) is 0 Å². The van der Waals surface area contributed by atoms with Crippen LogP contribution in [0.1, 0.15) is 10.4 Å². The fraction of sp³-hybridized carbons (Fsp3) is 0.133. The fourth-order valence-electron chi connectivity index (χ4n) is 1.92. The molecule has 2 aromatic carbocycles. The molecule has 0 atom stereocenters. The van der Waals surface area contributed by atoms with Crippen LogP contribution in [0.3, 0.4) is 0 Å². The summed E-state index contributed by atoms with van der Waals surface area (Å²) in [6.45, 7) is 0. The summed E-state index contributed by atoms with van der Waals surface area (Å²) >= 11 is 0. The minimum atomic E-state index is -0.428. The molecule has 19 heavy (non-hydrogen) atoms. The SMILES string of the molecule is COc1ccc(N(C)c2c(F)cccc2C=O)cc1. The summed E-state index contributed by atoms with van der Waals surface area (Å²) in [5.74, 6) is 0.296. The van der Waals surface area contributed by atoms with Crippen LogP contribution in [0.2, 0.25) is 0 Å². The van der Waals surface area contributed by atoms with Crippen LogP contribution < -0.4 is 9.64 Å². The van der Waals surface area contributed by atoms with Crippen molar-refractivity contribution in [3.05, 3.63) is 53.8 Å². The maximum atomic E-state index is 13.9. The predicted molar refractivity (Wildman–Crippen MR) is 72.8 cm³/mol. The van der Waals surface area contributed by atoms with Gasteiger partial charge in [0.05, 0.1) is 12.8 Å². The Kier molecular flexibility index (Phi) is 3.80. The van der Waals surface area contributed by atoms with Crippen LogP contribution in [-0.4, -0.2) is 20.4 Å². The van der Waals surface area contributed by atoms with E-state index < -0.39 is 5.82 Å². The molecule has 0 fully saturated rings. The van der Waals surface area contributed by atoms with Crippen molar-refractivity contribution in [3.8, 4) is 5.75 Å². The number of hydrogen-bond acceptors (Lipinski definition) is 3. The van der Waals surface area contributed by atoms with Crippen molar-refractivity contribution in [3.63, 3.8) is 0 Å². The van der Waals surface area contributed by atoms with E-state index in [0.29, 0.717) is 11.8 Å². The van der Waals surface area contributed by atoms with Gasteiger partial charge in [0, 0.05) is 18.3 Å². The van der Waals surface area contributed by atoms with Crippen LogP contribution in [0, 0.1) is 5.82 Å². The lowest BCUT2D eigenvalue weighted by Crippen LogP contribution is -2.13. The second-order valence-corrected chi connectivity index (χ2v) is 4.05. The van der Waals surface area contributed by atoms with Crippen LogP contribution in [0.5, 0.6) is 5.75 Å². The molecule has 0 N–H and O–H groups in total.